The average Bonchev–Trinajstić information content (AvgIpc) is 3.12. The first-order chi connectivity index (χ1) is 13.6. The number of aromatic nitrogens is 2. The number of primary amides is 1. The highest BCUT2D eigenvalue weighted by Gasteiger charge is 2.26. The van der Waals surface area contributed by atoms with Gasteiger partial charge >= 0.3 is 6.03 Å². The number of nitrogens with two attached hydrogens (primary N) is 4. The molecule has 3 amide bonds. The molecule has 0 fully saturated rings. The van der Waals surface area contributed by atoms with Crippen molar-refractivity contribution >= 4 is 23.7 Å². The van der Waals surface area contributed by atoms with Crippen LogP contribution in [0, 0.1) is 0 Å². The molecule has 14 heteroatoms. The number of Topliss-reactive ketones (excluding diaryl/α,β-unsaturated/α-hetero) is 1. The molecule has 1 aromatic heterocycles. The lowest BCUT2D eigenvalue weighted by molar-refractivity contribution is -0.120. The molecule has 0 saturated carbocycles. The van der Waals surface area contributed by atoms with Crippen molar-refractivity contribution in [1.29, 1.82) is 0 Å². The summed E-state index contributed by atoms with van der Waals surface area (Å²) in [5, 5.41) is 17.5. The Morgan fingerprint density at radius 2 is 1.93 bits per heavy atom. The van der Waals surface area contributed by atoms with E-state index in [0.29, 0.717) is 19.4 Å². The summed E-state index contributed by atoms with van der Waals surface area (Å²) in [5.41, 5.74) is 21.7. The van der Waals surface area contributed by atoms with Crippen LogP contribution in [0.25, 0.3) is 0 Å². The van der Waals surface area contributed by atoms with Crippen LogP contribution in [-0.4, -0.2) is 58.1 Å². The SMILES string of the molecule is CC(=O)[C@H](CO)NC(=O)N[C@@H](CC(N)=O)c1nc([C@@H](N)CCCN=C(N)N)no1. The summed E-state index contributed by atoms with van der Waals surface area (Å²) < 4.78 is 5.10. The fraction of sp³-hybridized carbons (Fsp3) is 0.600. The van der Waals surface area contributed by atoms with Crippen molar-refractivity contribution in [3.8, 4) is 0 Å². The van der Waals surface area contributed by atoms with Crippen molar-refractivity contribution in [3.05, 3.63) is 11.7 Å². The molecular weight excluding hydrogens is 386 g/mol. The van der Waals surface area contributed by atoms with Gasteiger partial charge in [-0.25, -0.2) is 4.79 Å². The third-order valence-electron chi connectivity index (χ3n) is 3.74. The molecule has 0 aromatic carbocycles. The second-order valence-electron chi connectivity index (χ2n) is 6.23. The van der Waals surface area contributed by atoms with Gasteiger partial charge in [-0.05, 0) is 19.8 Å². The number of hydrogen-bond acceptors (Lipinski definition) is 9. The number of aliphatic hydroxyl groups is 1. The van der Waals surface area contributed by atoms with Gasteiger partial charge in [0, 0.05) is 6.54 Å². The van der Waals surface area contributed by atoms with E-state index in [1.54, 1.807) is 0 Å². The third kappa shape index (κ3) is 8.52. The zero-order chi connectivity index (χ0) is 22.0. The molecule has 0 aliphatic carbocycles. The molecule has 0 saturated heterocycles. The van der Waals surface area contributed by atoms with E-state index < -0.39 is 42.5 Å². The molecule has 0 aliphatic rings. The summed E-state index contributed by atoms with van der Waals surface area (Å²) in [6.45, 7) is 1.01. The summed E-state index contributed by atoms with van der Waals surface area (Å²) in [5.74, 6) is -1.12. The van der Waals surface area contributed by atoms with Crippen molar-refractivity contribution in [2.45, 2.75) is 44.3 Å². The Bertz CT molecular complexity index is 732. The molecule has 11 N–H and O–H groups in total. The molecule has 162 valence electrons. The Labute approximate surface area is 166 Å². The van der Waals surface area contributed by atoms with E-state index in [1.165, 1.54) is 6.92 Å². The zero-order valence-corrected chi connectivity index (χ0v) is 16.0. The lowest BCUT2D eigenvalue weighted by Gasteiger charge is -2.17. The Kier molecular flexibility index (Phi) is 9.47. The molecule has 0 radical (unpaired) electrons. The van der Waals surface area contributed by atoms with Gasteiger partial charge in [0.15, 0.2) is 17.6 Å². The Morgan fingerprint density at radius 1 is 1.24 bits per heavy atom. The number of carbonyl (C=O) groups is 3. The second-order valence-corrected chi connectivity index (χ2v) is 6.23. The molecule has 0 bridgehead atoms. The highest BCUT2D eigenvalue weighted by atomic mass is 16.5. The van der Waals surface area contributed by atoms with Crippen LogP contribution in [0.5, 0.6) is 0 Å². The topological polar surface area (TPSA) is 251 Å². The fourth-order valence-electron chi connectivity index (χ4n) is 2.22. The van der Waals surface area contributed by atoms with E-state index in [-0.39, 0.29) is 24.1 Å². The summed E-state index contributed by atoms with van der Waals surface area (Å²) in [7, 11) is 0. The summed E-state index contributed by atoms with van der Waals surface area (Å²) >= 11 is 0. The van der Waals surface area contributed by atoms with E-state index in [2.05, 4.69) is 25.8 Å². The number of nitrogens with zero attached hydrogens (tertiary/aromatic N) is 3. The number of ketones is 1. The lowest BCUT2D eigenvalue weighted by Crippen LogP contribution is -2.48. The van der Waals surface area contributed by atoms with Crippen LogP contribution in [-0.2, 0) is 9.59 Å². The second kappa shape index (κ2) is 11.6. The average molecular weight is 413 g/mol. The first-order valence-corrected chi connectivity index (χ1v) is 8.75. The molecule has 1 aromatic rings. The van der Waals surface area contributed by atoms with Gasteiger partial charge in [-0.15, -0.1) is 0 Å². The van der Waals surface area contributed by atoms with Crippen LogP contribution >= 0.6 is 0 Å². The van der Waals surface area contributed by atoms with Gasteiger partial charge in [0.05, 0.1) is 19.1 Å². The number of urea groups is 1. The smallest absolute Gasteiger partial charge is 0.316 e. The fourth-order valence-corrected chi connectivity index (χ4v) is 2.22. The van der Waals surface area contributed by atoms with E-state index >= 15 is 0 Å². The van der Waals surface area contributed by atoms with Gasteiger partial charge < -0.3 is 43.2 Å². The van der Waals surface area contributed by atoms with Crippen LogP contribution < -0.4 is 33.6 Å². The zero-order valence-electron chi connectivity index (χ0n) is 16.0. The standard InChI is InChI=1S/C15H27N9O5/c1-7(26)10(6-25)22-15(28)21-9(5-11(17)27)13-23-12(24-29-13)8(16)3-2-4-20-14(18)19/h8-10,25H,2-6,16H2,1H3,(H2,17,27)(H4,18,19,20)(H2,21,22,28)/t8-,9-,10-/m0/s1. The number of aliphatic hydroxyl groups excluding tert-OH is 1. The maximum atomic E-state index is 12.1. The van der Waals surface area contributed by atoms with Crippen molar-refractivity contribution in [3.63, 3.8) is 0 Å². The monoisotopic (exact) mass is 413 g/mol. The Hall–Kier alpha value is -3.26. The maximum Gasteiger partial charge on any atom is 0.316 e. The number of hydrogen-bond donors (Lipinski definition) is 7. The van der Waals surface area contributed by atoms with E-state index in [9.17, 15) is 14.4 Å². The molecule has 0 spiro atoms. The molecule has 14 nitrogen and oxygen atoms in total. The van der Waals surface area contributed by atoms with Gasteiger partial charge in [-0.3, -0.25) is 14.6 Å². The molecule has 0 aliphatic heterocycles. The maximum absolute atomic E-state index is 12.1. The third-order valence-corrected chi connectivity index (χ3v) is 3.74. The summed E-state index contributed by atoms with van der Waals surface area (Å²) in [4.78, 5) is 42.7. The van der Waals surface area contributed by atoms with E-state index in [1.807, 2.05) is 0 Å². The molecule has 1 heterocycles. The van der Waals surface area contributed by atoms with Crippen LogP contribution in [0.2, 0.25) is 0 Å². The van der Waals surface area contributed by atoms with E-state index in [4.69, 9.17) is 32.6 Å². The van der Waals surface area contributed by atoms with Crippen molar-refractivity contribution in [1.82, 2.24) is 20.8 Å². The van der Waals surface area contributed by atoms with Crippen LogP contribution in [0.4, 0.5) is 4.79 Å². The first kappa shape index (κ1) is 23.8. The molecular formula is C15H27N9O5. The highest BCUT2D eigenvalue weighted by molar-refractivity contribution is 5.87. The number of nitrogens with one attached hydrogen (secondary N) is 2. The molecule has 3 atom stereocenters. The van der Waals surface area contributed by atoms with Gasteiger partial charge in [0.1, 0.15) is 12.1 Å². The van der Waals surface area contributed by atoms with E-state index in [0.717, 1.165) is 0 Å². The molecule has 1 rings (SSSR count). The first-order valence-electron chi connectivity index (χ1n) is 8.75. The van der Waals surface area contributed by atoms with Gasteiger partial charge in [0.25, 0.3) is 0 Å². The predicted octanol–water partition coefficient (Wildman–Crippen LogP) is -2.71. The Balaban J connectivity index is 2.78. The van der Waals surface area contributed by atoms with Crippen LogP contribution in [0.1, 0.15) is 50.0 Å². The lowest BCUT2D eigenvalue weighted by atomic mass is 10.1. The quantitative estimate of drug-likeness (QED) is 0.106. The largest absolute Gasteiger partial charge is 0.394 e. The summed E-state index contributed by atoms with van der Waals surface area (Å²) in [6.07, 6.45) is 0.696. The minimum atomic E-state index is -1.10. The summed E-state index contributed by atoms with van der Waals surface area (Å²) in [6, 6.07) is -3.55. The number of carbonyl (C=O) groups excluding carboxylic acids is 3. The van der Waals surface area contributed by atoms with Crippen molar-refractivity contribution < 1.29 is 24.0 Å². The predicted molar refractivity (Wildman–Crippen MR) is 101 cm³/mol. The number of aliphatic imine (C=N–C) groups is 1. The minimum absolute atomic E-state index is 0.0210. The normalized spacial score (nSPS) is 13.8. The number of amides is 3. The Morgan fingerprint density at radius 3 is 2.48 bits per heavy atom. The van der Waals surface area contributed by atoms with Crippen LogP contribution in [0.3, 0.4) is 0 Å². The number of guanidine groups is 1. The molecule has 0 unspecified atom stereocenters. The van der Waals surface area contributed by atoms with Gasteiger partial charge in [0.2, 0.25) is 11.8 Å². The van der Waals surface area contributed by atoms with Crippen molar-refractivity contribution in [2.24, 2.45) is 27.9 Å². The van der Waals surface area contributed by atoms with Gasteiger partial charge in [-0.2, -0.15) is 4.98 Å². The molecule has 29 heavy (non-hydrogen) atoms. The van der Waals surface area contributed by atoms with Crippen molar-refractivity contribution in [2.75, 3.05) is 13.2 Å². The highest BCUT2D eigenvalue weighted by Crippen LogP contribution is 2.18. The number of rotatable bonds is 12. The minimum Gasteiger partial charge on any atom is -0.394 e. The van der Waals surface area contributed by atoms with Gasteiger partial charge in [-0.1, -0.05) is 5.16 Å². The van der Waals surface area contributed by atoms with Crippen LogP contribution in [0.15, 0.2) is 9.52 Å².